The largest absolute Gasteiger partial charge is 0.496 e. The average molecular weight is 770 g/mol. The first kappa shape index (κ1) is 37.2. The second-order valence-corrected chi connectivity index (χ2v) is 16.2. The zero-order valence-corrected chi connectivity index (χ0v) is 32.1. The number of pyridine rings is 1. The number of carbonyl (C=O) groups is 2. The molecule has 2 saturated heterocycles. The summed E-state index contributed by atoms with van der Waals surface area (Å²) >= 11 is 1.70. The molecule has 0 aliphatic carbocycles. The standard InChI is InChI=1S/C42H45F2N5O5S/c1-47-20-33(31-17-45-18-32(31)41(47)52)28-15-36(53-2)34(37(16-28)54-3)21-48-12-10-30-29(23-55-38(30)22-48)19-49-13-11-35(42(43,44)24-49)26-6-4-25(5-7-26)14-27-8-9-39(50)46-40(27)51/h4-7,15-17,20,23,27,35H,8-14,18-19,21-22,24H2,1-3H3,(H,46,50,51). The molecule has 2 aromatic carbocycles. The lowest BCUT2D eigenvalue weighted by atomic mass is 9.84. The molecule has 2 aromatic heterocycles. The first-order valence-corrected chi connectivity index (χ1v) is 19.7. The fraction of sp³-hybridized carbons (Fsp3) is 0.429. The Hall–Kier alpha value is -4.72. The quantitative estimate of drug-likeness (QED) is 0.202. The molecule has 55 heavy (non-hydrogen) atoms. The van der Waals surface area contributed by atoms with E-state index >= 15 is 8.78 Å². The van der Waals surface area contributed by atoms with Gasteiger partial charge in [0, 0.05) is 79.5 Å². The van der Waals surface area contributed by atoms with Gasteiger partial charge in [-0.3, -0.25) is 34.5 Å². The average Bonchev–Trinajstić information content (AvgIpc) is 3.82. The van der Waals surface area contributed by atoms with Crippen LogP contribution in [0.4, 0.5) is 8.78 Å². The van der Waals surface area contributed by atoms with Gasteiger partial charge in [0.25, 0.3) is 11.5 Å². The molecule has 0 bridgehead atoms. The van der Waals surface area contributed by atoms with E-state index in [4.69, 9.17) is 9.47 Å². The number of nitrogens with zero attached hydrogens (tertiary/aromatic N) is 4. The Morgan fingerprint density at radius 3 is 2.44 bits per heavy atom. The van der Waals surface area contributed by atoms with E-state index in [9.17, 15) is 14.4 Å². The molecule has 2 unspecified atom stereocenters. The minimum atomic E-state index is -2.88. The van der Waals surface area contributed by atoms with Crippen molar-refractivity contribution in [3.63, 3.8) is 0 Å². The van der Waals surface area contributed by atoms with Crippen LogP contribution in [0.25, 0.3) is 11.1 Å². The minimum absolute atomic E-state index is 0.0420. The number of fused-ring (bicyclic) bond motifs is 2. The van der Waals surface area contributed by atoms with E-state index in [0.717, 1.165) is 52.9 Å². The van der Waals surface area contributed by atoms with Gasteiger partial charge in [0.15, 0.2) is 0 Å². The van der Waals surface area contributed by atoms with Crippen LogP contribution in [-0.4, -0.2) is 72.2 Å². The Bertz CT molecular complexity index is 2210. The number of nitrogens with one attached hydrogen (secondary N) is 1. The summed E-state index contributed by atoms with van der Waals surface area (Å²) in [6.07, 6.45) is 6.12. The maximum absolute atomic E-state index is 15.8. The van der Waals surface area contributed by atoms with E-state index < -0.39 is 11.8 Å². The van der Waals surface area contributed by atoms with Crippen molar-refractivity contribution in [2.24, 2.45) is 18.0 Å². The summed E-state index contributed by atoms with van der Waals surface area (Å²) in [5.74, 6) is -3.11. The Balaban J connectivity index is 0.909. The van der Waals surface area contributed by atoms with Gasteiger partial charge in [-0.15, -0.1) is 11.3 Å². The smallest absolute Gasteiger partial charge is 0.267 e. The van der Waals surface area contributed by atoms with Gasteiger partial charge in [-0.2, -0.15) is 0 Å². The number of hydrogen-bond donors (Lipinski definition) is 1. The van der Waals surface area contributed by atoms with Crippen LogP contribution in [0, 0.1) is 5.92 Å². The number of alkyl halides is 2. The van der Waals surface area contributed by atoms with Gasteiger partial charge < -0.3 is 14.0 Å². The van der Waals surface area contributed by atoms with E-state index in [2.05, 4.69) is 20.6 Å². The third-order valence-electron chi connectivity index (χ3n) is 11.7. The number of rotatable bonds is 10. The summed E-state index contributed by atoms with van der Waals surface area (Å²) in [4.78, 5) is 46.2. The van der Waals surface area contributed by atoms with Crippen molar-refractivity contribution in [1.29, 1.82) is 0 Å². The van der Waals surface area contributed by atoms with Crippen molar-refractivity contribution in [2.75, 3.05) is 33.9 Å². The van der Waals surface area contributed by atoms with E-state index in [1.807, 2.05) is 35.4 Å². The molecule has 4 aliphatic heterocycles. The predicted octanol–water partition coefficient (Wildman–Crippen LogP) is 5.84. The lowest BCUT2D eigenvalue weighted by Crippen LogP contribution is -2.47. The SMILES string of the molecule is COc1cc(-c2cn(C)c(=O)c3c2C=NC3)cc(OC)c1CN1CCc2c(CN3CCC(c4ccc(CC5CCC(=O)NC5=O)cc4)C(F)(F)C3)csc2C1. The Labute approximate surface area is 322 Å². The molecule has 6 heterocycles. The van der Waals surface area contributed by atoms with Crippen molar-refractivity contribution < 1.29 is 27.8 Å². The van der Waals surface area contributed by atoms with Gasteiger partial charge in [-0.25, -0.2) is 8.78 Å². The Kier molecular flexibility index (Phi) is 10.2. The van der Waals surface area contributed by atoms with Gasteiger partial charge in [0.05, 0.1) is 38.8 Å². The summed E-state index contributed by atoms with van der Waals surface area (Å²) in [5.41, 5.74) is 8.15. The van der Waals surface area contributed by atoms with Gasteiger partial charge in [-0.05, 0) is 77.6 Å². The Morgan fingerprint density at radius 2 is 1.73 bits per heavy atom. The normalized spacial score (nSPS) is 21.0. The molecular formula is C42H45F2N5O5S. The van der Waals surface area contributed by atoms with Crippen LogP contribution in [0.3, 0.4) is 0 Å². The molecule has 0 saturated carbocycles. The summed E-state index contributed by atoms with van der Waals surface area (Å²) < 4.78 is 45.0. The summed E-state index contributed by atoms with van der Waals surface area (Å²) in [5, 5.41) is 4.53. The number of benzene rings is 2. The molecule has 0 spiro atoms. The molecule has 4 aromatic rings. The first-order valence-electron chi connectivity index (χ1n) is 18.8. The highest BCUT2D eigenvalue weighted by atomic mass is 32.1. The number of methoxy groups -OCH3 is 2. The maximum atomic E-state index is 15.8. The fourth-order valence-electron chi connectivity index (χ4n) is 8.71. The molecule has 13 heteroatoms. The number of hydrogen-bond acceptors (Lipinski definition) is 9. The number of aryl methyl sites for hydroxylation is 1. The van der Waals surface area contributed by atoms with E-state index in [0.29, 0.717) is 74.5 Å². The van der Waals surface area contributed by atoms with Crippen LogP contribution in [0.15, 0.2) is 57.8 Å². The van der Waals surface area contributed by atoms with Crippen molar-refractivity contribution in [3.05, 3.63) is 102 Å². The highest BCUT2D eigenvalue weighted by molar-refractivity contribution is 7.10. The van der Waals surface area contributed by atoms with Crippen LogP contribution >= 0.6 is 11.3 Å². The molecule has 2 atom stereocenters. The van der Waals surface area contributed by atoms with Crippen molar-refractivity contribution >= 4 is 29.4 Å². The molecule has 8 rings (SSSR count). The maximum Gasteiger partial charge on any atom is 0.267 e. The van der Waals surface area contributed by atoms with Crippen molar-refractivity contribution in [1.82, 2.24) is 19.7 Å². The number of halogens is 2. The number of amides is 2. The number of piperidine rings is 2. The molecule has 1 N–H and O–H groups in total. The predicted molar refractivity (Wildman–Crippen MR) is 207 cm³/mol. The number of imide groups is 1. The lowest BCUT2D eigenvalue weighted by Gasteiger charge is -2.39. The Morgan fingerprint density at radius 1 is 0.964 bits per heavy atom. The third kappa shape index (κ3) is 7.37. The van der Waals surface area contributed by atoms with E-state index in [1.54, 1.807) is 55.5 Å². The molecule has 2 fully saturated rings. The first-order chi connectivity index (χ1) is 26.5. The van der Waals surface area contributed by atoms with Gasteiger partial charge >= 0.3 is 0 Å². The summed E-state index contributed by atoms with van der Waals surface area (Å²) in [6, 6.07) is 11.3. The lowest BCUT2D eigenvalue weighted by molar-refractivity contribution is -0.136. The molecular weight excluding hydrogens is 725 g/mol. The monoisotopic (exact) mass is 769 g/mol. The fourth-order valence-corrected chi connectivity index (χ4v) is 9.84. The van der Waals surface area contributed by atoms with Crippen LogP contribution in [-0.2, 0) is 55.7 Å². The van der Waals surface area contributed by atoms with Crippen LogP contribution in [0.1, 0.15) is 69.0 Å². The van der Waals surface area contributed by atoms with E-state index in [-0.39, 0.29) is 29.8 Å². The van der Waals surface area contributed by atoms with Crippen LogP contribution in [0.5, 0.6) is 11.5 Å². The van der Waals surface area contributed by atoms with Gasteiger partial charge in [0.1, 0.15) is 11.5 Å². The summed E-state index contributed by atoms with van der Waals surface area (Å²) in [6.45, 7) is 3.34. The highest BCUT2D eigenvalue weighted by Crippen LogP contribution is 2.42. The second-order valence-electron chi connectivity index (χ2n) is 15.2. The molecule has 10 nitrogen and oxygen atoms in total. The topological polar surface area (TPSA) is 105 Å². The number of thiophene rings is 1. The van der Waals surface area contributed by atoms with Gasteiger partial charge in [-0.1, -0.05) is 24.3 Å². The zero-order chi connectivity index (χ0) is 38.4. The highest BCUT2D eigenvalue weighted by Gasteiger charge is 2.45. The molecule has 0 radical (unpaired) electrons. The van der Waals surface area contributed by atoms with Crippen LogP contribution in [0.2, 0.25) is 0 Å². The number of aliphatic imine (C=N–C) groups is 1. The number of ether oxygens (including phenoxy) is 2. The second kappa shape index (κ2) is 15.1. The van der Waals surface area contributed by atoms with Crippen molar-refractivity contribution in [2.45, 2.75) is 70.1 Å². The third-order valence-corrected chi connectivity index (χ3v) is 12.8. The van der Waals surface area contributed by atoms with Crippen LogP contribution < -0.4 is 20.3 Å². The zero-order valence-electron chi connectivity index (χ0n) is 31.3. The molecule has 2 amide bonds. The van der Waals surface area contributed by atoms with Crippen molar-refractivity contribution in [3.8, 4) is 22.6 Å². The number of likely N-dealkylation sites (tertiary alicyclic amines) is 1. The molecule has 4 aliphatic rings. The minimum Gasteiger partial charge on any atom is -0.496 e. The van der Waals surface area contributed by atoms with E-state index in [1.165, 1.54) is 10.4 Å². The number of aromatic nitrogens is 1. The number of carbonyl (C=O) groups excluding carboxylic acids is 2. The van der Waals surface area contributed by atoms with Gasteiger partial charge in [0.2, 0.25) is 11.8 Å². The summed E-state index contributed by atoms with van der Waals surface area (Å²) in [7, 11) is 5.06. The molecule has 288 valence electrons.